The number of hydrogen-bond donors (Lipinski definition) is 0. The summed E-state index contributed by atoms with van der Waals surface area (Å²) in [5, 5.41) is 0.790. The lowest BCUT2D eigenvalue weighted by molar-refractivity contribution is -0.152. The predicted molar refractivity (Wildman–Crippen MR) is 142 cm³/mol. The number of ether oxygens (including phenoxy) is 2. The summed E-state index contributed by atoms with van der Waals surface area (Å²) in [6, 6.07) is 6.98. The molecule has 0 aliphatic rings. The first-order valence-corrected chi connectivity index (χ1v) is 14.0. The Hall–Kier alpha value is -2.41. The van der Waals surface area contributed by atoms with Crippen LogP contribution in [0.25, 0.3) is 11.1 Å². The lowest BCUT2D eigenvalue weighted by atomic mass is 10.1. The molecule has 0 aliphatic carbocycles. The average molecular weight is 501 g/mol. The molecule has 2 aromatic rings. The third-order valence-electron chi connectivity index (χ3n) is 5.71. The van der Waals surface area contributed by atoms with Crippen molar-refractivity contribution in [3.8, 4) is 11.1 Å². The fraction of sp³-hybridized carbons (Fsp3) is 0.571. The second-order valence-electron chi connectivity index (χ2n) is 8.66. The number of nitrogens with zero attached hydrogens (tertiary/aromatic N) is 2. The Balaban J connectivity index is 1.68. The zero-order chi connectivity index (χ0) is 25.3. The van der Waals surface area contributed by atoms with Crippen LogP contribution in [0, 0.1) is 0 Å². The summed E-state index contributed by atoms with van der Waals surface area (Å²) in [4.78, 5) is 32.8. The zero-order valence-corrected chi connectivity index (χ0v) is 22.3. The quantitative estimate of drug-likeness (QED) is 0.0978. The van der Waals surface area contributed by atoms with E-state index in [1.54, 1.807) is 30.8 Å². The lowest BCUT2D eigenvalue weighted by Gasteiger charge is -2.12. The van der Waals surface area contributed by atoms with Crippen LogP contribution in [0.1, 0.15) is 95.3 Å². The van der Waals surface area contributed by atoms with Gasteiger partial charge in [0.25, 0.3) is 0 Å². The van der Waals surface area contributed by atoms with Crippen molar-refractivity contribution in [3.05, 3.63) is 42.2 Å². The molecular weight excluding hydrogens is 460 g/mol. The SMILES string of the molecule is CCCCCCCCCCCCSc1ncc(-c2ccc(C(=O)O[C@@H](C)C(=O)OCC)cc2)cn1. The first kappa shape index (κ1) is 28.8. The van der Waals surface area contributed by atoms with Gasteiger partial charge in [0.15, 0.2) is 11.3 Å². The summed E-state index contributed by atoms with van der Waals surface area (Å²) >= 11 is 1.70. The van der Waals surface area contributed by atoms with Crippen LogP contribution in [0.15, 0.2) is 41.8 Å². The number of benzene rings is 1. The van der Waals surface area contributed by atoms with Crippen LogP contribution in [-0.2, 0) is 14.3 Å². The van der Waals surface area contributed by atoms with Crippen LogP contribution in [0.5, 0.6) is 0 Å². The Morgan fingerprint density at radius 1 is 0.829 bits per heavy atom. The standard InChI is InChI=1S/C28H40N2O4S/c1-4-6-7-8-9-10-11-12-13-14-19-35-28-29-20-25(21-30-28)23-15-17-24(18-16-23)27(32)34-22(3)26(31)33-5-2/h15-18,20-22H,4-14,19H2,1-3H3/t22-/m0/s1. The van der Waals surface area contributed by atoms with E-state index in [-0.39, 0.29) is 6.61 Å². The third-order valence-corrected chi connectivity index (χ3v) is 6.68. The van der Waals surface area contributed by atoms with Gasteiger partial charge in [-0.25, -0.2) is 19.6 Å². The number of esters is 2. The first-order chi connectivity index (χ1) is 17.0. The van der Waals surface area contributed by atoms with E-state index in [0.29, 0.717) is 5.56 Å². The van der Waals surface area contributed by atoms with Crippen molar-refractivity contribution < 1.29 is 19.1 Å². The maximum atomic E-state index is 12.2. The van der Waals surface area contributed by atoms with Crippen LogP contribution in [0.2, 0.25) is 0 Å². The molecule has 6 nitrogen and oxygen atoms in total. The minimum Gasteiger partial charge on any atom is -0.463 e. The molecule has 1 atom stereocenters. The molecular formula is C28H40N2O4S. The maximum Gasteiger partial charge on any atom is 0.347 e. The van der Waals surface area contributed by atoms with Crippen LogP contribution in [-0.4, -0.2) is 40.4 Å². The van der Waals surface area contributed by atoms with E-state index in [1.165, 1.54) is 71.1 Å². The summed E-state index contributed by atoms with van der Waals surface area (Å²) in [6.45, 7) is 5.71. The van der Waals surface area contributed by atoms with Gasteiger partial charge in [0.05, 0.1) is 12.2 Å². The number of unbranched alkanes of at least 4 members (excludes halogenated alkanes) is 9. The van der Waals surface area contributed by atoms with Crippen LogP contribution in [0.3, 0.4) is 0 Å². The Labute approximate surface area is 214 Å². The fourth-order valence-electron chi connectivity index (χ4n) is 3.63. The van der Waals surface area contributed by atoms with Crippen molar-refractivity contribution in [2.75, 3.05) is 12.4 Å². The molecule has 0 radical (unpaired) electrons. The Morgan fingerprint density at radius 2 is 1.40 bits per heavy atom. The van der Waals surface area contributed by atoms with E-state index in [0.717, 1.165) is 22.0 Å². The number of hydrogen-bond acceptors (Lipinski definition) is 7. The first-order valence-electron chi connectivity index (χ1n) is 13.0. The minimum absolute atomic E-state index is 0.244. The predicted octanol–water partition coefficient (Wildman–Crippen LogP) is 7.27. The summed E-state index contributed by atoms with van der Waals surface area (Å²) in [5.74, 6) is -0.0792. The molecule has 1 aromatic heterocycles. The van der Waals surface area contributed by atoms with Crippen molar-refractivity contribution in [2.24, 2.45) is 0 Å². The molecule has 0 spiro atoms. The van der Waals surface area contributed by atoms with Gasteiger partial charge in [0.2, 0.25) is 0 Å². The van der Waals surface area contributed by atoms with Crippen molar-refractivity contribution in [3.63, 3.8) is 0 Å². The zero-order valence-electron chi connectivity index (χ0n) is 21.5. The molecule has 0 amide bonds. The molecule has 192 valence electrons. The van der Waals surface area contributed by atoms with Crippen molar-refractivity contribution >= 4 is 23.7 Å². The molecule has 0 fully saturated rings. The van der Waals surface area contributed by atoms with E-state index in [2.05, 4.69) is 16.9 Å². The van der Waals surface area contributed by atoms with Crippen LogP contribution < -0.4 is 0 Å². The molecule has 2 rings (SSSR count). The molecule has 0 aliphatic heterocycles. The van der Waals surface area contributed by atoms with Gasteiger partial charge in [-0.1, -0.05) is 88.6 Å². The van der Waals surface area contributed by atoms with Gasteiger partial charge in [0, 0.05) is 23.7 Å². The molecule has 0 saturated heterocycles. The largest absolute Gasteiger partial charge is 0.463 e. The van der Waals surface area contributed by atoms with Gasteiger partial charge < -0.3 is 9.47 Å². The van der Waals surface area contributed by atoms with Gasteiger partial charge in [-0.2, -0.15) is 0 Å². The Bertz CT molecular complexity index is 872. The molecule has 0 bridgehead atoms. The molecule has 35 heavy (non-hydrogen) atoms. The third kappa shape index (κ3) is 11.2. The van der Waals surface area contributed by atoms with Gasteiger partial charge in [-0.05, 0) is 38.0 Å². The smallest absolute Gasteiger partial charge is 0.347 e. The highest BCUT2D eigenvalue weighted by Gasteiger charge is 2.19. The highest BCUT2D eigenvalue weighted by Crippen LogP contribution is 2.22. The summed E-state index contributed by atoms with van der Waals surface area (Å²) < 4.78 is 10.0. The fourth-order valence-corrected chi connectivity index (χ4v) is 4.41. The Kier molecular flexibility index (Phi) is 14.1. The molecule has 0 unspecified atom stereocenters. The number of rotatable bonds is 17. The highest BCUT2D eigenvalue weighted by molar-refractivity contribution is 7.99. The molecule has 1 aromatic carbocycles. The summed E-state index contributed by atoms with van der Waals surface area (Å²) in [6.07, 6.45) is 16.0. The molecule has 7 heteroatoms. The number of thioether (sulfide) groups is 1. The molecule has 0 saturated carbocycles. The topological polar surface area (TPSA) is 78.4 Å². The Morgan fingerprint density at radius 3 is 1.97 bits per heavy atom. The van der Waals surface area contributed by atoms with Crippen molar-refractivity contribution in [2.45, 2.75) is 96.2 Å². The summed E-state index contributed by atoms with van der Waals surface area (Å²) in [7, 11) is 0. The second kappa shape index (κ2) is 17.1. The maximum absolute atomic E-state index is 12.2. The van der Waals surface area contributed by atoms with E-state index in [1.807, 2.05) is 24.5 Å². The van der Waals surface area contributed by atoms with Gasteiger partial charge in [-0.3, -0.25) is 0 Å². The molecule has 1 heterocycles. The average Bonchev–Trinajstić information content (AvgIpc) is 2.88. The van der Waals surface area contributed by atoms with Gasteiger partial charge in [-0.15, -0.1) is 0 Å². The van der Waals surface area contributed by atoms with Crippen molar-refractivity contribution in [1.29, 1.82) is 0 Å². The minimum atomic E-state index is -0.944. The molecule has 0 N–H and O–H groups in total. The van der Waals surface area contributed by atoms with Crippen LogP contribution >= 0.6 is 11.8 Å². The second-order valence-corrected chi connectivity index (χ2v) is 9.72. The number of carbonyl (C=O) groups is 2. The lowest BCUT2D eigenvalue weighted by Crippen LogP contribution is -2.26. The van der Waals surface area contributed by atoms with Gasteiger partial charge in [0.1, 0.15) is 0 Å². The highest BCUT2D eigenvalue weighted by atomic mass is 32.2. The van der Waals surface area contributed by atoms with E-state index in [9.17, 15) is 9.59 Å². The number of aromatic nitrogens is 2. The summed E-state index contributed by atoms with van der Waals surface area (Å²) in [5.41, 5.74) is 2.16. The van der Waals surface area contributed by atoms with Crippen molar-refractivity contribution in [1.82, 2.24) is 9.97 Å². The van der Waals surface area contributed by atoms with Gasteiger partial charge >= 0.3 is 11.9 Å². The van der Waals surface area contributed by atoms with E-state index in [4.69, 9.17) is 9.47 Å². The van der Waals surface area contributed by atoms with E-state index >= 15 is 0 Å². The van der Waals surface area contributed by atoms with E-state index < -0.39 is 18.0 Å². The monoisotopic (exact) mass is 500 g/mol. The number of carbonyl (C=O) groups excluding carboxylic acids is 2. The van der Waals surface area contributed by atoms with Crippen LogP contribution in [0.4, 0.5) is 0 Å². The normalized spacial score (nSPS) is 11.7.